The van der Waals surface area contributed by atoms with Gasteiger partial charge in [0.25, 0.3) is 5.91 Å². The zero-order valence-electron chi connectivity index (χ0n) is 16.0. The van der Waals surface area contributed by atoms with E-state index >= 15 is 0 Å². The van der Waals surface area contributed by atoms with E-state index in [4.69, 9.17) is 0 Å². The van der Waals surface area contributed by atoms with Crippen molar-refractivity contribution in [2.75, 3.05) is 5.32 Å². The van der Waals surface area contributed by atoms with Crippen LogP contribution in [0, 0.1) is 13.8 Å². The zero-order valence-corrected chi connectivity index (χ0v) is 16.0. The van der Waals surface area contributed by atoms with Crippen molar-refractivity contribution < 1.29 is 18.0 Å². The molecule has 0 aliphatic heterocycles. The lowest BCUT2D eigenvalue weighted by molar-refractivity contribution is -0.137. The van der Waals surface area contributed by atoms with Gasteiger partial charge in [-0.3, -0.25) is 4.79 Å². The number of rotatable bonds is 3. The number of aromatic nitrogens is 4. The zero-order chi connectivity index (χ0) is 21.5. The molecule has 1 N–H and O–H groups in total. The molecular formula is C21H16F3N5O. The summed E-state index contributed by atoms with van der Waals surface area (Å²) in [6.45, 7) is 3.43. The molecule has 0 atom stereocenters. The number of halogens is 3. The molecule has 0 bridgehead atoms. The monoisotopic (exact) mass is 411 g/mol. The van der Waals surface area contributed by atoms with E-state index in [2.05, 4.69) is 20.4 Å². The van der Waals surface area contributed by atoms with E-state index < -0.39 is 17.6 Å². The Morgan fingerprint density at radius 2 is 1.77 bits per heavy atom. The third-order valence-corrected chi connectivity index (χ3v) is 4.53. The van der Waals surface area contributed by atoms with Crippen LogP contribution >= 0.6 is 0 Å². The summed E-state index contributed by atoms with van der Waals surface area (Å²) in [7, 11) is 0. The van der Waals surface area contributed by atoms with Crippen LogP contribution in [0.4, 0.5) is 19.0 Å². The normalized spacial score (nSPS) is 11.6. The van der Waals surface area contributed by atoms with Crippen molar-refractivity contribution in [2.24, 2.45) is 0 Å². The van der Waals surface area contributed by atoms with Gasteiger partial charge in [0.2, 0.25) is 0 Å². The lowest BCUT2D eigenvalue weighted by Gasteiger charge is -2.12. The average Bonchev–Trinajstić information content (AvgIpc) is 3.02. The van der Waals surface area contributed by atoms with Gasteiger partial charge in [0, 0.05) is 17.5 Å². The van der Waals surface area contributed by atoms with Crippen LogP contribution in [0.1, 0.15) is 27.3 Å². The number of carbonyl (C=O) groups excluding carboxylic acids is 1. The molecule has 4 rings (SSSR count). The van der Waals surface area contributed by atoms with Crippen LogP contribution < -0.4 is 5.32 Å². The Kier molecular flexibility index (Phi) is 4.73. The maximum atomic E-state index is 13.4. The molecule has 0 saturated heterocycles. The average molecular weight is 411 g/mol. The first-order valence-electron chi connectivity index (χ1n) is 9.01. The second-order valence-corrected chi connectivity index (χ2v) is 6.70. The van der Waals surface area contributed by atoms with Crippen molar-refractivity contribution in [1.82, 2.24) is 19.6 Å². The molecule has 0 aliphatic rings. The molecule has 4 aromatic rings. The Balaban J connectivity index is 1.80. The molecular weight excluding hydrogens is 395 g/mol. The van der Waals surface area contributed by atoms with E-state index in [1.54, 1.807) is 32.0 Å². The van der Waals surface area contributed by atoms with Gasteiger partial charge in [-0.15, -0.1) is 0 Å². The summed E-state index contributed by atoms with van der Waals surface area (Å²) >= 11 is 0. The number of fused-ring (bicyclic) bond motifs is 1. The van der Waals surface area contributed by atoms with E-state index in [1.165, 1.54) is 35.0 Å². The van der Waals surface area contributed by atoms with Gasteiger partial charge in [-0.1, -0.05) is 24.3 Å². The van der Waals surface area contributed by atoms with Crippen molar-refractivity contribution in [3.8, 4) is 11.3 Å². The highest BCUT2D eigenvalue weighted by molar-refractivity contribution is 6.08. The summed E-state index contributed by atoms with van der Waals surface area (Å²) < 4.78 is 41.6. The number of nitrogens with zero attached hydrogens (tertiary/aromatic N) is 4. The number of pyridine rings is 1. The van der Waals surface area contributed by atoms with Crippen LogP contribution in [-0.4, -0.2) is 25.5 Å². The predicted octanol–water partition coefficient (Wildman–Crippen LogP) is 4.68. The van der Waals surface area contributed by atoms with Crippen LogP contribution in [0.5, 0.6) is 0 Å². The van der Waals surface area contributed by atoms with Crippen LogP contribution in [0.2, 0.25) is 0 Å². The number of hydrogen-bond acceptors (Lipinski definition) is 4. The Morgan fingerprint density at radius 3 is 2.50 bits per heavy atom. The molecule has 9 heteroatoms. The van der Waals surface area contributed by atoms with Gasteiger partial charge in [0.15, 0.2) is 5.65 Å². The number of carbonyl (C=O) groups is 1. The van der Waals surface area contributed by atoms with Gasteiger partial charge in [-0.2, -0.15) is 18.3 Å². The summed E-state index contributed by atoms with van der Waals surface area (Å²) in [5.41, 5.74) is 0.684. The van der Waals surface area contributed by atoms with Gasteiger partial charge >= 0.3 is 6.18 Å². The molecule has 1 aromatic carbocycles. The van der Waals surface area contributed by atoms with E-state index in [1.807, 2.05) is 0 Å². The number of amides is 1. The van der Waals surface area contributed by atoms with E-state index in [0.29, 0.717) is 11.5 Å². The predicted molar refractivity (Wildman–Crippen MR) is 105 cm³/mol. The summed E-state index contributed by atoms with van der Waals surface area (Å²) in [5, 5.41) is 6.94. The molecule has 152 valence electrons. The highest BCUT2D eigenvalue weighted by Gasteiger charge is 2.33. The number of aryl methyl sites for hydroxylation is 2. The maximum Gasteiger partial charge on any atom is 0.417 e. The van der Waals surface area contributed by atoms with Gasteiger partial charge in [-0.25, -0.2) is 14.5 Å². The van der Waals surface area contributed by atoms with Crippen LogP contribution in [0.15, 0.2) is 54.7 Å². The summed E-state index contributed by atoms with van der Waals surface area (Å²) in [4.78, 5) is 21.4. The van der Waals surface area contributed by atoms with Crippen molar-refractivity contribution >= 4 is 17.4 Å². The standard InChI is InChI=1S/C21H16F3N5O/c1-12-6-5-9-17(25-12)27-20(30)18-13(2)28-29-11-10-16(26-19(18)29)14-7-3-4-8-15(14)21(22,23)24/h3-11H,1-2H3,(H,25,27,30). The Labute approximate surface area is 169 Å². The molecule has 0 radical (unpaired) electrons. The SMILES string of the molecule is Cc1cccc(NC(=O)c2c(C)nn3ccc(-c4ccccc4C(F)(F)F)nc23)n1. The van der Waals surface area contributed by atoms with Crippen LogP contribution in [-0.2, 0) is 6.18 Å². The van der Waals surface area contributed by atoms with Gasteiger partial charge in [0.05, 0.1) is 17.0 Å². The van der Waals surface area contributed by atoms with Crippen molar-refractivity contribution in [2.45, 2.75) is 20.0 Å². The highest BCUT2D eigenvalue weighted by atomic mass is 19.4. The number of hydrogen-bond donors (Lipinski definition) is 1. The van der Waals surface area contributed by atoms with Gasteiger partial charge in [0.1, 0.15) is 11.4 Å². The summed E-state index contributed by atoms with van der Waals surface area (Å²) in [6, 6.07) is 11.8. The van der Waals surface area contributed by atoms with Crippen LogP contribution in [0.25, 0.3) is 16.9 Å². The second-order valence-electron chi connectivity index (χ2n) is 6.70. The minimum absolute atomic E-state index is 0.0712. The third-order valence-electron chi connectivity index (χ3n) is 4.53. The first-order valence-corrected chi connectivity index (χ1v) is 9.01. The number of benzene rings is 1. The largest absolute Gasteiger partial charge is 0.417 e. The van der Waals surface area contributed by atoms with E-state index in [-0.39, 0.29) is 22.5 Å². The Hall–Kier alpha value is -3.75. The minimum atomic E-state index is -4.53. The molecule has 0 saturated carbocycles. The van der Waals surface area contributed by atoms with Gasteiger partial charge < -0.3 is 5.32 Å². The number of alkyl halides is 3. The van der Waals surface area contributed by atoms with Crippen molar-refractivity contribution in [1.29, 1.82) is 0 Å². The Bertz CT molecular complexity index is 1260. The molecule has 3 aromatic heterocycles. The highest BCUT2D eigenvalue weighted by Crippen LogP contribution is 2.36. The smallest absolute Gasteiger partial charge is 0.306 e. The molecule has 0 unspecified atom stereocenters. The van der Waals surface area contributed by atoms with Gasteiger partial charge in [-0.05, 0) is 38.1 Å². The lowest BCUT2D eigenvalue weighted by Crippen LogP contribution is -2.14. The molecule has 0 aliphatic carbocycles. The third kappa shape index (κ3) is 3.61. The molecule has 1 amide bonds. The fourth-order valence-electron chi connectivity index (χ4n) is 3.20. The molecule has 0 fully saturated rings. The first-order chi connectivity index (χ1) is 14.2. The van der Waals surface area contributed by atoms with Crippen molar-refractivity contribution in [3.63, 3.8) is 0 Å². The summed E-state index contributed by atoms with van der Waals surface area (Å²) in [6.07, 6.45) is -3.04. The second kappa shape index (κ2) is 7.25. The maximum absolute atomic E-state index is 13.4. The topological polar surface area (TPSA) is 72.2 Å². The first kappa shape index (κ1) is 19.6. The fourth-order valence-corrected chi connectivity index (χ4v) is 3.20. The molecule has 30 heavy (non-hydrogen) atoms. The van der Waals surface area contributed by atoms with E-state index in [0.717, 1.165) is 11.8 Å². The molecule has 3 heterocycles. The molecule has 6 nitrogen and oxygen atoms in total. The quantitative estimate of drug-likeness (QED) is 0.531. The lowest BCUT2D eigenvalue weighted by atomic mass is 10.0. The summed E-state index contributed by atoms with van der Waals surface area (Å²) in [5.74, 6) is -0.133. The minimum Gasteiger partial charge on any atom is -0.306 e. The van der Waals surface area contributed by atoms with E-state index in [9.17, 15) is 18.0 Å². The Morgan fingerprint density at radius 1 is 1.00 bits per heavy atom. The van der Waals surface area contributed by atoms with Crippen LogP contribution in [0.3, 0.4) is 0 Å². The fraction of sp³-hybridized carbons (Fsp3) is 0.143. The molecule has 0 spiro atoms. The van der Waals surface area contributed by atoms with Crippen molar-refractivity contribution in [3.05, 3.63) is 77.2 Å². The number of anilines is 1. The number of nitrogens with one attached hydrogen (secondary N) is 1.